The number of rotatable bonds is 0. The number of para-hydroxylation sites is 10. The molecule has 150 heavy (non-hydrogen) atoms. The van der Waals surface area contributed by atoms with E-state index < -0.39 is 22.1 Å². The smallest absolute Gasteiger partial charge is 0.615 e. The van der Waals surface area contributed by atoms with Crippen LogP contribution in [0.4, 0.5) is 0 Å². The zero-order chi connectivity index (χ0) is 110. The lowest BCUT2D eigenvalue weighted by atomic mass is 9.79. The van der Waals surface area contributed by atoms with Crippen molar-refractivity contribution in [1.29, 1.82) is 0 Å². The first-order valence-electron chi connectivity index (χ1n) is 47.3. The van der Waals surface area contributed by atoms with Gasteiger partial charge in [-0.2, -0.15) is 85.1 Å². The lowest BCUT2D eigenvalue weighted by Gasteiger charge is -2.25. The quantitative estimate of drug-likeness (QED) is 0.0810. The Morgan fingerprint density at radius 2 is 0.273 bits per heavy atom. The molecule has 44 heteroatoms. The van der Waals surface area contributed by atoms with Crippen LogP contribution >= 0.6 is 0 Å². The maximum atomic E-state index is 14.1. The second-order valence-electron chi connectivity index (χ2n) is 41.0. The van der Waals surface area contributed by atoms with Crippen LogP contribution in [0.5, 0.6) is 0 Å². The fourth-order valence-corrected chi connectivity index (χ4v) is 17.7. The Kier molecular flexibility index (Phi) is 26.8. The van der Waals surface area contributed by atoms with E-state index in [4.69, 9.17) is 0 Å². The van der Waals surface area contributed by atoms with Crippen LogP contribution in [0, 0.1) is 211 Å². The van der Waals surface area contributed by atoms with E-state index in [1.165, 1.54) is 116 Å². The number of benzene rings is 10. The predicted octanol–water partition coefficient (Wildman–Crippen LogP) is 7.39. The Bertz CT molecular complexity index is 8640. The van der Waals surface area contributed by atoms with Gasteiger partial charge in [-0.3, -0.25) is 0 Å². The number of aromatic nitrogens is 22. The Labute approximate surface area is 854 Å². The molecule has 0 aliphatic rings. The van der Waals surface area contributed by atoms with Crippen LogP contribution in [0.15, 0.2) is 182 Å². The van der Waals surface area contributed by atoms with E-state index in [0.29, 0.717) is 124 Å². The second-order valence-corrected chi connectivity index (χ2v) is 41.0. The van der Waals surface area contributed by atoms with Gasteiger partial charge >= 0.3 is 11.3 Å². The van der Waals surface area contributed by atoms with E-state index in [0.717, 1.165) is 69.6 Å². The molecule has 0 atom stereocenters. The van der Waals surface area contributed by atoms with E-state index in [1.54, 1.807) is 151 Å². The van der Waals surface area contributed by atoms with E-state index in [1.807, 2.05) is 53.7 Å². The highest BCUT2D eigenvalue weighted by Gasteiger charge is 2.43. The van der Waals surface area contributed by atoms with E-state index >= 15 is 0 Å². The van der Waals surface area contributed by atoms with Gasteiger partial charge in [0.1, 0.15) is 0 Å². The molecule has 10 aromatic carbocycles. The van der Waals surface area contributed by atoms with Crippen molar-refractivity contribution in [3.05, 3.63) is 399 Å². The summed E-state index contributed by atoms with van der Waals surface area (Å²) >= 11 is 0. The molecule has 0 aliphatic carbocycles. The van der Waals surface area contributed by atoms with Gasteiger partial charge in [0.05, 0.1) is 36.4 Å². The van der Waals surface area contributed by atoms with Crippen LogP contribution in [0.2, 0.25) is 0 Å². The monoisotopic (exact) mass is 2040 g/mol. The van der Waals surface area contributed by atoms with Crippen molar-refractivity contribution in [2.45, 2.75) is 202 Å². The minimum absolute atomic E-state index is 0.0304. The van der Waals surface area contributed by atoms with Gasteiger partial charge in [0.25, 0.3) is 223 Å². The lowest BCUT2D eigenvalue weighted by molar-refractivity contribution is -0.744. The van der Waals surface area contributed by atoms with Crippen LogP contribution in [-0.2, 0) is 21.7 Å². The molecule has 0 bridgehead atoms. The molecule has 0 radical (unpaired) electrons. The van der Waals surface area contributed by atoms with Gasteiger partial charge in [-0.1, -0.05) is 163 Å². The van der Waals surface area contributed by atoms with Gasteiger partial charge in [-0.25, -0.2) is 0 Å². The first-order chi connectivity index (χ1) is 70.0. The summed E-state index contributed by atoms with van der Waals surface area (Å²) in [4.78, 5) is 0. The molecule has 21 rings (SSSR count). The van der Waals surface area contributed by atoms with Gasteiger partial charge in [0, 0.05) is 181 Å². The summed E-state index contributed by atoms with van der Waals surface area (Å²) in [5.41, 5.74) is 9.52. The molecule has 11 aromatic heterocycles. The largest absolute Gasteiger partial charge is 0.618 e. The molecule has 0 N–H and O–H groups in total. The molecule has 21 aromatic rings. The van der Waals surface area contributed by atoms with Gasteiger partial charge in [0.2, 0.25) is 0 Å². The first-order valence-corrected chi connectivity index (χ1v) is 47.3. The summed E-state index contributed by atoms with van der Waals surface area (Å²) in [5.74, 6) is 0. The summed E-state index contributed by atoms with van der Waals surface area (Å²) in [7, 11) is 0. The van der Waals surface area contributed by atoms with Gasteiger partial charge in [-0.05, 0) is 44.9 Å². The van der Waals surface area contributed by atoms with Crippen LogP contribution in [0.3, 0.4) is 0 Å². The average molecular weight is 2040 g/mol. The second kappa shape index (κ2) is 38.1. The standard InChI is InChI=1S/C34H42N4O4.C16H12N4O4.C14H14N4O4.C12H10N4O4.C12H8N2O2.C10H10N2O2.C8H12N2O2/c1-31(2,3)19-13-21(33(7,8)9)29-27(15-19)35(39)23-17-26-24(18-25(23)37(29)41)36(40)28-16-20(32(4,5)6)14-22(34(10,11)12)30(28)38(26)42;1-9-10(2)18(22)14-8-16-15(7-13(14)17(9)21)19(23)11-5-3-4-6-12(11)20(16)24;1-7-8(2)16(20)12-6-14-13(5-11(12)15(7)19)17(21)9(3)10(4)18(14)22;1-7-8(2)14(18)12-11(13(7)17)15(19)9-5-3-4-6-10(9)16(12)20;15-13-9-5-1-2-6-10(9)14(16)12-8-4-3-7-11(12)13;1-7-8(2)12(14)10-6-4-3-5-9(10)11(7)13;1-5-6(2)10(12)8(4)7(3)9(5)11/h13-18H,1-12H3;3-8H,1-2H3;5-6H,1-4H3;3-6H,1-2H3;1-8H;3-6H,1-2H3;1-4H3. The summed E-state index contributed by atoms with van der Waals surface area (Å²) < 4.78 is 13.8. The maximum absolute atomic E-state index is 14.1. The summed E-state index contributed by atoms with van der Waals surface area (Å²) in [6.07, 6.45) is 0. The zero-order valence-electron chi connectivity index (χ0n) is 87.1. The molecular weight excluding hydrogens is 1930 g/mol. The Morgan fingerprint density at radius 3 is 0.460 bits per heavy atom. The highest BCUT2D eigenvalue weighted by molar-refractivity contribution is 5.92. The number of fused-ring (bicyclic) bond motifs is 14. The van der Waals surface area contributed by atoms with Crippen LogP contribution < -0.4 is 104 Å². The molecule has 0 saturated carbocycles. The molecule has 774 valence electrons. The van der Waals surface area contributed by atoms with Crippen LogP contribution in [0.25, 0.3) is 155 Å². The molecule has 0 aliphatic heterocycles. The van der Waals surface area contributed by atoms with Crippen molar-refractivity contribution >= 4 is 155 Å². The third-order valence-corrected chi connectivity index (χ3v) is 27.7. The number of hydrogen-bond donors (Lipinski definition) is 0. The Balaban J connectivity index is 0.000000136. The highest BCUT2D eigenvalue weighted by atomic mass is 16.5. The van der Waals surface area contributed by atoms with Gasteiger partial charge in [0.15, 0.2) is 0 Å². The normalized spacial score (nSPS) is 11.9. The summed E-state index contributed by atoms with van der Waals surface area (Å²) in [6.45, 7) is 46.3. The molecule has 11 heterocycles. The van der Waals surface area contributed by atoms with Crippen LogP contribution in [0.1, 0.15) is 185 Å². The maximum Gasteiger partial charge on any atom is 0.615 e. The zero-order valence-corrected chi connectivity index (χ0v) is 87.1. The van der Waals surface area contributed by atoms with Crippen molar-refractivity contribution < 1.29 is 104 Å². The fraction of sp³-hybridized carbons (Fsp3) is 0.283. The van der Waals surface area contributed by atoms with E-state index in [-0.39, 0.29) is 167 Å². The van der Waals surface area contributed by atoms with Crippen molar-refractivity contribution in [2.75, 3.05) is 0 Å². The molecule has 0 fully saturated rings. The Hall–Kier alpha value is -18.7. The van der Waals surface area contributed by atoms with E-state index in [9.17, 15) is 115 Å². The summed E-state index contributed by atoms with van der Waals surface area (Å²) in [6, 6.07) is 48.1. The van der Waals surface area contributed by atoms with E-state index in [2.05, 4.69) is 41.5 Å². The topological polar surface area (TPSA) is 593 Å². The molecule has 0 amide bonds. The molecule has 44 nitrogen and oxygen atoms in total. The highest BCUT2D eigenvalue weighted by Crippen LogP contribution is 2.37. The minimum atomic E-state index is -0.517. The van der Waals surface area contributed by atoms with Crippen molar-refractivity contribution in [3.8, 4) is 0 Å². The van der Waals surface area contributed by atoms with Gasteiger partial charge < -0.3 is 115 Å². The molecule has 0 unspecified atom stereocenters. The van der Waals surface area contributed by atoms with Gasteiger partial charge in [-0.15, -0.1) is 0 Å². The molecular formula is C106H108N22O22. The third-order valence-electron chi connectivity index (χ3n) is 27.7. The summed E-state index contributed by atoms with van der Waals surface area (Å²) in [5, 5.41) is 274. The molecule has 0 spiro atoms. The Morgan fingerprint density at radius 1 is 0.133 bits per heavy atom. The number of hydrogen-bond acceptors (Lipinski definition) is 22. The van der Waals surface area contributed by atoms with Crippen molar-refractivity contribution in [2.24, 2.45) is 0 Å². The minimum Gasteiger partial charge on any atom is -0.618 e. The third kappa shape index (κ3) is 17.6. The number of nitrogens with zero attached hydrogens (tertiary/aromatic N) is 22. The van der Waals surface area contributed by atoms with Crippen molar-refractivity contribution in [1.82, 2.24) is 0 Å². The average Bonchev–Trinajstić information content (AvgIpc) is 0.700. The van der Waals surface area contributed by atoms with Crippen molar-refractivity contribution in [3.63, 3.8) is 0 Å². The van der Waals surface area contributed by atoms with Crippen LogP contribution in [-0.4, -0.2) is 0 Å². The SMILES string of the molecule is CC(C)(C)c1cc(C(C)(C)C)c2c(c1)[n+]([O-])c1cc3c(cc1[n+]2[O-])[n+]([O-])c1cc(C(C)(C)C)cc(C(C)(C)C)c1[n+]3[O-].Cc1c(C)[n+]([O-])c(C)c(C)[n+]1[O-].Cc1c(C)[n+]([O-])c2c([n+]1[O-])[n+]([O-])c1ccccc1[n+]2[O-].Cc1c(C)[n+]([O-])c2cc3c(cc2[n+]1[O-])[n+]([O-])c(C)c(C)[n+]3[O-].Cc1c(C)[n+]([O-])c2cc3c(cc2[n+]1[O-])[n+]([O-])c1ccccc1[n+]3[O-].Cc1c(C)[n+]([O-])c2ccccc2[n+]1[O-].[O-][n+]1c2ccccc2[n+]([O-])c2ccccc21. The lowest BCUT2D eigenvalue weighted by Crippen LogP contribution is -2.57. The molecule has 0 saturated heterocycles. The first kappa shape index (κ1) is 106. The fourth-order valence-electron chi connectivity index (χ4n) is 17.7. The predicted molar refractivity (Wildman–Crippen MR) is 548 cm³/mol.